The van der Waals surface area contributed by atoms with E-state index in [1.165, 1.54) is 23.7 Å². The Morgan fingerprint density at radius 3 is 2.63 bits per heavy atom. The third kappa shape index (κ3) is 4.17. The zero-order chi connectivity index (χ0) is 21.3. The molecular weight excluding hydrogens is 418 g/mol. The topological polar surface area (TPSA) is 72.7 Å². The van der Waals surface area contributed by atoms with Gasteiger partial charge in [0, 0.05) is 10.7 Å². The molecule has 0 unspecified atom stereocenters. The van der Waals surface area contributed by atoms with Gasteiger partial charge in [0.2, 0.25) is 5.91 Å². The van der Waals surface area contributed by atoms with Crippen LogP contribution < -0.4 is 5.32 Å². The summed E-state index contributed by atoms with van der Waals surface area (Å²) in [4.78, 5) is 21.3. The maximum Gasteiger partial charge on any atom is 0.234 e. The van der Waals surface area contributed by atoms with Crippen LogP contribution in [0.4, 0.5) is 5.69 Å². The standard InChI is InChI=1S/C22H20ClN5OS/c1-13-7-14(2)20(15(3)8-13)27-19(29)11-30-22-18-10-26-28(21(18)24-12-25-22)17-6-4-5-16(23)9-17/h4-10,12H,11H2,1-3H3,(H,27,29). The highest BCUT2D eigenvalue weighted by atomic mass is 35.5. The first-order valence-corrected chi connectivity index (χ1v) is 10.7. The highest BCUT2D eigenvalue weighted by Crippen LogP contribution is 2.27. The van der Waals surface area contributed by atoms with Crippen LogP contribution in [0.15, 0.2) is 53.9 Å². The summed E-state index contributed by atoms with van der Waals surface area (Å²) in [5.74, 6) is 0.158. The molecule has 0 radical (unpaired) electrons. The van der Waals surface area contributed by atoms with E-state index in [4.69, 9.17) is 11.6 Å². The number of aryl methyl sites for hydroxylation is 3. The summed E-state index contributed by atoms with van der Waals surface area (Å²) in [6.45, 7) is 6.05. The summed E-state index contributed by atoms with van der Waals surface area (Å²) in [7, 11) is 0. The third-order valence-corrected chi connectivity index (χ3v) is 5.90. The minimum Gasteiger partial charge on any atom is -0.325 e. The largest absolute Gasteiger partial charge is 0.325 e. The molecule has 4 rings (SSSR count). The number of hydrogen-bond donors (Lipinski definition) is 1. The van der Waals surface area contributed by atoms with Gasteiger partial charge in [-0.3, -0.25) is 4.79 Å². The maximum atomic E-state index is 12.6. The molecule has 1 amide bonds. The third-order valence-electron chi connectivity index (χ3n) is 4.66. The molecule has 0 aliphatic rings. The highest BCUT2D eigenvalue weighted by Gasteiger charge is 2.14. The number of fused-ring (bicyclic) bond motifs is 1. The van der Waals surface area contributed by atoms with E-state index in [0.29, 0.717) is 15.7 Å². The first-order chi connectivity index (χ1) is 14.4. The summed E-state index contributed by atoms with van der Waals surface area (Å²) >= 11 is 7.46. The normalized spacial score (nSPS) is 11.1. The molecule has 0 saturated heterocycles. The number of anilines is 1. The molecule has 2 aromatic carbocycles. The number of carbonyl (C=O) groups excluding carboxylic acids is 1. The van der Waals surface area contributed by atoms with E-state index >= 15 is 0 Å². The molecule has 0 aliphatic heterocycles. The van der Waals surface area contributed by atoms with E-state index in [1.807, 2.05) is 45.0 Å². The first-order valence-electron chi connectivity index (χ1n) is 9.37. The molecule has 0 bridgehead atoms. The first kappa shape index (κ1) is 20.4. The van der Waals surface area contributed by atoms with Crippen LogP contribution >= 0.6 is 23.4 Å². The van der Waals surface area contributed by atoms with Crippen molar-refractivity contribution in [1.82, 2.24) is 19.7 Å². The van der Waals surface area contributed by atoms with Gasteiger partial charge >= 0.3 is 0 Å². The van der Waals surface area contributed by atoms with Crippen molar-refractivity contribution in [1.29, 1.82) is 0 Å². The predicted octanol–water partition coefficient (Wildman–Crippen LogP) is 5.12. The van der Waals surface area contributed by atoms with Gasteiger partial charge in [0.25, 0.3) is 0 Å². The molecule has 152 valence electrons. The number of aromatic nitrogens is 4. The summed E-state index contributed by atoms with van der Waals surface area (Å²) in [6.07, 6.45) is 3.20. The molecule has 0 aliphatic carbocycles. The van der Waals surface area contributed by atoms with Gasteiger partial charge in [-0.05, 0) is 50.1 Å². The fraction of sp³-hybridized carbons (Fsp3) is 0.182. The smallest absolute Gasteiger partial charge is 0.234 e. The van der Waals surface area contributed by atoms with Crippen LogP contribution in [0.3, 0.4) is 0 Å². The van der Waals surface area contributed by atoms with Crippen LogP contribution in [0.2, 0.25) is 5.02 Å². The zero-order valence-electron chi connectivity index (χ0n) is 16.8. The van der Waals surface area contributed by atoms with Crippen LogP contribution in [0, 0.1) is 20.8 Å². The Hall–Kier alpha value is -2.90. The molecule has 8 heteroatoms. The second-order valence-corrected chi connectivity index (χ2v) is 8.46. The van der Waals surface area contributed by atoms with Crippen molar-refractivity contribution < 1.29 is 4.79 Å². The highest BCUT2D eigenvalue weighted by molar-refractivity contribution is 8.00. The van der Waals surface area contributed by atoms with Crippen molar-refractivity contribution in [2.45, 2.75) is 25.8 Å². The maximum absolute atomic E-state index is 12.6. The van der Waals surface area contributed by atoms with E-state index in [9.17, 15) is 4.79 Å². The van der Waals surface area contributed by atoms with E-state index in [1.54, 1.807) is 10.9 Å². The van der Waals surface area contributed by atoms with Crippen molar-refractivity contribution in [2.75, 3.05) is 11.1 Å². The number of nitrogens with zero attached hydrogens (tertiary/aromatic N) is 4. The summed E-state index contributed by atoms with van der Waals surface area (Å²) in [6, 6.07) is 11.5. The molecule has 0 fully saturated rings. The Labute approximate surface area is 183 Å². The van der Waals surface area contributed by atoms with Gasteiger partial charge < -0.3 is 5.32 Å². The zero-order valence-corrected chi connectivity index (χ0v) is 18.4. The Balaban J connectivity index is 1.53. The minimum atomic E-state index is -0.0796. The summed E-state index contributed by atoms with van der Waals surface area (Å²) < 4.78 is 1.71. The number of nitrogens with one attached hydrogen (secondary N) is 1. The van der Waals surface area contributed by atoms with E-state index in [2.05, 4.69) is 32.5 Å². The molecular formula is C22H20ClN5OS. The molecule has 2 aromatic heterocycles. The molecule has 30 heavy (non-hydrogen) atoms. The lowest BCUT2D eigenvalue weighted by Crippen LogP contribution is -2.16. The number of benzene rings is 2. The molecule has 6 nitrogen and oxygen atoms in total. The molecule has 2 heterocycles. The lowest BCUT2D eigenvalue weighted by Gasteiger charge is -2.12. The summed E-state index contributed by atoms with van der Waals surface area (Å²) in [5, 5.41) is 9.58. The van der Waals surface area contributed by atoms with Crippen molar-refractivity contribution >= 4 is 46.0 Å². The van der Waals surface area contributed by atoms with Crippen molar-refractivity contribution in [3.05, 3.63) is 70.6 Å². The average Bonchev–Trinajstić information content (AvgIpc) is 3.14. The second-order valence-electron chi connectivity index (χ2n) is 7.06. The van der Waals surface area contributed by atoms with Gasteiger partial charge in [-0.15, -0.1) is 0 Å². The van der Waals surface area contributed by atoms with Crippen LogP contribution in [0.5, 0.6) is 0 Å². The lowest BCUT2D eigenvalue weighted by molar-refractivity contribution is -0.113. The lowest BCUT2D eigenvalue weighted by atomic mass is 10.1. The fourth-order valence-corrected chi connectivity index (χ4v) is 4.37. The molecule has 1 N–H and O–H groups in total. The number of carbonyl (C=O) groups is 1. The van der Waals surface area contributed by atoms with E-state index < -0.39 is 0 Å². The average molecular weight is 438 g/mol. The van der Waals surface area contributed by atoms with Crippen molar-refractivity contribution in [2.24, 2.45) is 0 Å². The van der Waals surface area contributed by atoms with E-state index in [0.717, 1.165) is 27.9 Å². The Morgan fingerprint density at radius 1 is 1.13 bits per heavy atom. The number of rotatable bonds is 5. The summed E-state index contributed by atoms with van der Waals surface area (Å²) in [5.41, 5.74) is 5.64. The van der Waals surface area contributed by atoms with Gasteiger partial charge in [-0.25, -0.2) is 14.6 Å². The number of amides is 1. The fourth-order valence-electron chi connectivity index (χ4n) is 3.42. The van der Waals surface area contributed by atoms with Gasteiger partial charge in [-0.2, -0.15) is 5.10 Å². The molecule has 0 spiro atoms. The minimum absolute atomic E-state index is 0.0796. The van der Waals surface area contributed by atoms with Crippen molar-refractivity contribution in [3.63, 3.8) is 0 Å². The second kappa shape index (κ2) is 8.45. The van der Waals surface area contributed by atoms with Crippen LogP contribution in [0.1, 0.15) is 16.7 Å². The quantitative estimate of drug-likeness (QED) is 0.346. The van der Waals surface area contributed by atoms with Crippen LogP contribution in [0.25, 0.3) is 16.7 Å². The molecule has 0 saturated carbocycles. The van der Waals surface area contributed by atoms with Gasteiger partial charge in [0.05, 0.1) is 23.0 Å². The van der Waals surface area contributed by atoms with Gasteiger partial charge in [0.15, 0.2) is 5.65 Å². The number of hydrogen-bond acceptors (Lipinski definition) is 5. The Morgan fingerprint density at radius 2 is 1.90 bits per heavy atom. The van der Waals surface area contributed by atoms with Crippen LogP contribution in [-0.2, 0) is 4.79 Å². The van der Waals surface area contributed by atoms with Gasteiger partial charge in [0.1, 0.15) is 11.4 Å². The number of thioether (sulfide) groups is 1. The van der Waals surface area contributed by atoms with Crippen LogP contribution in [-0.4, -0.2) is 31.4 Å². The Bertz CT molecular complexity index is 1230. The monoisotopic (exact) mass is 437 g/mol. The molecule has 4 aromatic rings. The van der Waals surface area contributed by atoms with E-state index in [-0.39, 0.29) is 11.7 Å². The Kier molecular flexibility index (Phi) is 5.74. The van der Waals surface area contributed by atoms with Crippen molar-refractivity contribution in [3.8, 4) is 5.69 Å². The predicted molar refractivity (Wildman–Crippen MR) is 122 cm³/mol. The number of halogens is 1. The SMILES string of the molecule is Cc1cc(C)c(NC(=O)CSc2ncnc3c2cnn3-c2cccc(Cl)c2)c(C)c1. The van der Waals surface area contributed by atoms with Gasteiger partial charge in [-0.1, -0.05) is 47.1 Å². The molecule has 0 atom stereocenters.